The molecule has 1 aromatic carbocycles. The van der Waals surface area contributed by atoms with Crippen molar-refractivity contribution in [1.29, 1.82) is 0 Å². The van der Waals surface area contributed by atoms with Gasteiger partial charge < -0.3 is 16.0 Å². The second-order valence-electron chi connectivity index (χ2n) is 4.18. The molecule has 0 aliphatic heterocycles. The monoisotopic (exact) mass is 265 g/mol. The zero-order valence-corrected chi connectivity index (χ0v) is 10.2. The molecule has 0 spiro atoms. The molecule has 0 saturated heterocycles. The number of aromatic nitrogens is 1. The summed E-state index contributed by atoms with van der Waals surface area (Å²) >= 11 is 0. The molecule has 6 heteroatoms. The van der Waals surface area contributed by atoms with E-state index < -0.39 is 23.6 Å². The van der Waals surface area contributed by atoms with E-state index in [1.165, 1.54) is 25.3 Å². The smallest absolute Gasteiger partial charge is 0.268 e. The molecule has 1 atom stereocenters. The number of hydrogen-bond donors (Lipinski definition) is 3. The number of carbonyl (C=O) groups is 1. The molecular formula is C13H13F2N3O. The molecule has 100 valence electrons. The van der Waals surface area contributed by atoms with E-state index in [0.717, 1.165) is 12.1 Å². The van der Waals surface area contributed by atoms with E-state index in [0.29, 0.717) is 5.69 Å². The number of H-pyrrole nitrogens is 1. The highest BCUT2D eigenvalue weighted by Gasteiger charge is 2.19. The van der Waals surface area contributed by atoms with Crippen LogP contribution in [0, 0.1) is 11.6 Å². The summed E-state index contributed by atoms with van der Waals surface area (Å²) in [4.78, 5) is 14.5. The van der Waals surface area contributed by atoms with Crippen LogP contribution >= 0.6 is 0 Å². The molecule has 4 nitrogen and oxygen atoms in total. The number of hydrogen-bond acceptors (Lipinski definition) is 2. The summed E-state index contributed by atoms with van der Waals surface area (Å²) in [6, 6.07) is 4.22. The molecule has 0 bridgehead atoms. The maximum Gasteiger partial charge on any atom is 0.268 e. The summed E-state index contributed by atoms with van der Waals surface area (Å²) in [5, 5.41) is 2.50. The van der Waals surface area contributed by atoms with Gasteiger partial charge in [-0.25, -0.2) is 8.78 Å². The van der Waals surface area contributed by atoms with Crippen LogP contribution in [0.3, 0.4) is 0 Å². The van der Waals surface area contributed by atoms with Gasteiger partial charge in [-0.1, -0.05) is 6.07 Å². The lowest BCUT2D eigenvalue weighted by molar-refractivity contribution is 0.0934. The van der Waals surface area contributed by atoms with Crippen molar-refractivity contribution in [2.75, 3.05) is 5.73 Å². The molecule has 1 unspecified atom stereocenters. The topological polar surface area (TPSA) is 70.9 Å². The number of carbonyl (C=O) groups excluding carboxylic acids is 1. The van der Waals surface area contributed by atoms with Crippen molar-refractivity contribution >= 4 is 11.6 Å². The van der Waals surface area contributed by atoms with E-state index >= 15 is 0 Å². The van der Waals surface area contributed by atoms with Gasteiger partial charge in [0.05, 0.1) is 6.04 Å². The van der Waals surface area contributed by atoms with Crippen molar-refractivity contribution in [3.05, 3.63) is 53.4 Å². The molecule has 0 aliphatic rings. The fourth-order valence-electron chi connectivity index (χ4n) is 1.81. The molecule has 0 radical (unpaired) electrons. The van der Waals surface area contributed by atoms with Crippen LogP contribution in [-0.2, 0) is 0 Å². The Morgan fingerprint density at radius 1 is 1.37 bits per heavy atom. The minimum atomic E-state index is -0.793. The maximum absolute atomic E-state index is 13.5. The third kappa shape index (κ3) is 2.73. The lowest BCUT2D eigenvalue weighted by atomic mass is 10.1. The highest BCUT2D eigenvalue weighted by atomic mass is 19.1. The largest absolute Gasteiger partial charge is 0.397 e. The highest BCUT2D eigenvalue weighted by Crippen LogP contribution is 2.20. The molecule has 4 N–H and O–H groups in total. The average molecular weight is 265 g/mol. The molecule has 19 heavy (non-hydrogen) atoms. The van der Waals surface area contributed by atoms with Gasteiger partial charge >= 0.3 is 0 Å². The molecule has 1 aromatic heterocycles. The lowest BCUT2D eigenvalue weighted by Gasteiger charge is -2.15. The summed E-state index contributed by atoms with van der Waals surface area (Å²) in [5.41, 5.74) is 5.95. The first-order valence-corrected chi connectivity index (χ1v) is 5.67. The van der Waals surface area contributed by atoms with E-state index in [1.807, 2.05) is 0 Å². The van der Waals surface area contributed by atoms with Crippen LogP contribution in [0.4, 0.5) is 14.5 Å². The van der Waals surface area contributed by atoms with Crippen molar-refractivity contribution in [3.63, 3.8) is 0 Å². The number of nitrogens with two attached hydrogens (primary N) is 1. The van der Waals surface area contributed by atoms with Crippen molar-refractivity contribution in [2.24, 2.45) is 0 Å². The van der Waals surface area contributed by atoms with Crippen LogP contribution in [0.2, 0.25) is 0 Å². The van der Waals surface area contributed by atoms with E-state index in [1.54, 1.807) is 0 Å². The van der Waals surface area contributed by atoms with Gasteiger partial charge in [0, 0.05) is 17.4 Å². The third-order valence-corrected chi connectivity index (χ3v) is 2.73. The zero-order valence-electron chi connectivity index (χ0n) is 10.2. The quantitative estimate of drug-likeness (QED) is 0.797. The number of nitrogens with one attached hydrogen (secondary N) is 2. The minimum Gasteiger partial charge on any atom is -0.397 e. The molecular weight excluding hydrogens is 252 g/mol. The Labute approximate surface area is 108 Å². The predicted molar refractivity (Wildman–Crippen MR) is 67.4 cm³/mol. The van der Waals surface area contributed by atoms with Gasteiger partial charge in [0.2, 0.25) is 0 Å². The van der Waals surface area contributed by atoms with E-state index in [4.69, 9.17) is 5.73 Å². The van der Waals surface area contributed by atoms with E-state index in [2.05, 4.69) is 10.3 Å². The SMILES string of the molecule is CC(NC(=O)c1cc(N)c[nH]1)c1c(F)cccc1F. The third-order valence-electron chi connectivity index (χ3n) is 2.73. The Hall–Kier alpha value is -2.37. The lowest BCUT2D eigenvalue weighted by Crippen LogP contribution is -2.28. The van der Waals surface area contributed by atoms with Gasteiger partial charge in [-0.15, -0.1) is 0 Å². The Morgan fingerprint density at radius 2 is 2.00 bits per heavy atom. The standard InChI is InChI=1S/C13H13F2N3O/c1-7(12-9(14)3-2-4-10(12)15)18-13(19)11-5-8(16)6-17-11/h2-7,17H,16H2,1H3,(H,18,19). The van der Waals surface area contributed by atoms with Gasteiger partial charge in [0.1, 0.15) is 17.3 Å². The summed E-state index contributed by atoms with van der Waals surface area (Å²) in [7, 11) is 0. The second kappa shape index (κ2) is 5.09. The molecule has 2 rings (SSSR count). The molecule has 2 aromatic rings. The number of aromatic amines is 1. The van der Waals surface area contributed by atoms with Gasteiger partial charge in [-0.3, -0.25) is 4.79 Å². The van der Waals surface area contributed by atoms with Crippen molar-refractivity contribution < 1.29 is 13.6 Å². The molecule has 1 heterocycles. The number of halogens is 2. The van der Waals surface area contributed by atoms with Gasteiger partial charge in [-0.2, -0.15) is 0 Å². The Morgan fingerprint density at radius 3 is 2.53 bits per heavy atom. The number of benzene rings is 1. The Kier molecular flexibility index (Phi) is 3.50. The van der Waals surface area contributed by atoms with Crippen LogP contribution in [-0.4, -0.2) is 10.9 Å². The van der Waals surface area contributed by atoms with Crippen molar-refractivity contribution in [1.82, 2.24) is 10.3 Å². The highest BCUT2D eigenvalue weighted by molar-refractivity contribution is 5.93. The van der Waals surface area contributed by atoms with Gasteiger partial charge in [0.15, 0.2) is 0 Å². The van der Waals surface area contributed by atoms with Crippen LogP contribution < -0.4 is 11.1 Å². The van der Waals surface area contributed by atoms with Crippen LogP contribution in [0.15, 0.2) is 30.5 Å². The van der Waals surface area contributed by atoms with E-state index in [9.17, 15) is 13.6 Å². The van der Waals surface area contributed by atoms with Crippen LogP contribution in [0.25, 0.3) is 0 Å². The van der Waals surface area contributed by atoms with Gasteiger partial charge in [-0.05, 0) is 25.1 Å². The molecule has 0 saturated carbocycles. The maximum atomic E-state index is 13.5. The summed E-state index contributed by atoms with van der Waals surface area (Å²) in [5.74, 6) is -1.87. The number of amides is 1. The molecule has 0 fully saturated rings. The van der Waals surface area contributed by atoms with E-state index in [-0.39, 0.29) is 11.3 Å². The number of rotatable bonds is 3. The first-order valence-electron chi connectivity index (χ1n) is 5.67. The van der Waals surface area contributed by atoms with Crippen LogP contribution in [0.5, 0.6) is 0 Å². The first kappa shape index (κ1) is 13.1. The summed E-state index contributed by atoms with van der Waals surface area (Å²) < 4.78 is 27.1. The number of anilines is 1. The molecule has 0 aliphatic carbocycles. The predicted octanol–water partition coefficient (Wildman–Crippen LogP) is 2.37. The first-order chi connectivity index (χ1) is 8.99. The second-order valence-corrected chi connectivity index (χ2v) is 4.18. The van der Waals surface area contributed by atoms with Crippen molar-refractivity contribution in [2.45, 2.75) is 13.0 Å². The summed E-state index contributed by atoms with van der Waals surface area (Å²) in [6.07, 6.45) is 1.46. The summed E-state index contributed by atoms with van der Waals surface area (Å²) in [6.45, 7) is 1.51. The molecule has 1 amide bonds. The Bertz CT molecular complexity index is 589. The van der Waals surface area contributed by atoms with Crippen molar-refractivity contribution in [3.8, 4) is 0 Å². The fourth-order valence-corrected chi connectivity index (χ4v) is 1.81. The Balaban J connectivity index is 2.17. The van der Waals surface area contributed by atoms with Gasteiger partial charge in [0.25, 0.3) is 5.91 Å². The number of nitrogen functional groups attached to an aromatic ring is 1. The normalized spacial score (nSPS) is 12.2. The zero-order chi connectivity index (χ0) is 14.0. The van der Waals surface area contributed by atoms with Crippen LogP contribution in [0.1, 0.15) is 29.0 Å². The average Bonchev–Trinajstić information content (AvgIpc) is 2.75. The fraction of sp³-hybridized carbons (Fsp3) is 0.154. The minimum absolute atomic E-state index is 0.171.